The molecule has 0 aromatic heterocycles. The predicted molar refractivity (Wildman–Crippen MR) is 60.8 cm³/mol. The number of carbonyl (C=O) groups excluding carboxylic acids is 1. The molecule has 3 unspecified atom stereocenters. The molecule has 2 aliphatic heterocycles. The van der Waals surface area contributed by atoms with E-state index in [4.69, 9.17) is 0 Å². The highest BCUT2D eigenvalue weighted by atomic mass is 16.1. The molecule has 3 heteroatoms. The van der Waals surface area contributed by atoms with Crippen molar-refractivity contribution in [1.82, 2.24) is 10.6 Å². The lowest BCUT2D eigenvalue weighted by Crippen LogP contribution is -2.30. The molecule has 2 rings (SSSR count). The Hall–Kier alpha value is -0.670. The fourth-order valence-electron chi connectivity index (χ4n) is 2.37. The van der Waals surface area contributed by atoms with Crippen LogP contribution in [0.3, 0.4) is 0 Å². The molecule has 2 saturated heterocycles. The van der Waals surface area contributed by atoms with Gasteiger partial charge in [-0.1, -0.05) is 6.08 Å². The summed E-state index contributed by atoms with van der Waals surface area (Å²) in [5.74, 6) is 0.244. The first kappa shape index (κ1) is 10.8. The maximum absolute atomic E-state index is 11.7. The average molecular weight is 208 g/mol. The van der Waals surface area contributed by atoms with Gasteiger partial charge in [-0.05, 0) is 45.2 Å². The Morgan fingerprint density at radius 2 is 2.20 bits per heavy atom. The van der Waals surface area contributed by atoms with Crippen LogP contribution in [0.2, 0.25) is 0 Å². The zero-order valence-electron chi connectivity index (χ0n) is 9.33. The molecule has 0 aromatic carbocycles. The van der Waals surface area contributed by atoms with E-state index >= 15 is 0 Å². The summed E-state index contributed by atoms with van der Waals surface area (Å²) in [5, 5.41) is 6.66. The summed E-state index contributed by atoms with van der Waals surface area (Å²) in [6.45, 7) is 3.18. The van der Waals surface area contributed by atoms with E-state index in [2.05, 4.69) is 17.6 Å². The molecule has 2 aliphatic rings. The summed E-state index contributed by atoms with van der Waals surface area (Å²) in [6, 6.07) is 1.09. The van der Waals surface area contributed by atoms with Gasteiger partial charge in [0.05, 0.1) is 6.04 Å². The van der Waals surface area contributed by atoms with Crippen molar-refractivity contribution in [3.8, 4) is 0 Å². The minimum atomic E-state index is 0.0834. The molecule has 0 aliphatic carbocycles. The maximum atomic E-state index is 11.7. The third-order valence-electron chi connectivity index (χ3n) is 3.31. The SMILES string of the molecule is CC1CCC(C=CC(=O)C2CCCN2)N1. The van der Waals surface area contributed by atoms with Gasteiger partial charge >= 0.3 is 0 Å². The van der Waals surface area contributed by atoms with Crippen molar-refractivity contribution in [3.05, 3.63) is 12.2 Å². The van der Waals surface area contributed by atoms with E-state index < -0.39 is 0 Å². The van der Waals surface area contributed by atoms with E-state index in [1.54, 1.807) is 6.08 Å². The first-order valence-electron chi connectivity index (χ1n) is 5.97. The van der Waals surface area contributed by atoms with E-state index in [-0.39, 0.29) is 11.8 Å². The largest absolute Gasteiger partial charge is 0.308 e. The molecule has 0 saturated carbocycles. The fraction of sp³-hybridized carbons (Fsp3) is 0.750. The first-order chi connectivity index (χ1) is 7.25. The number of carbonyl (C=O) groups is 1. The van der Waals surface area contributed by atoms with Crippen molar-refractivity contribution in [3.63, 3.8) is 0 Å². The molecule has 84 valence electrons. The van der Waals surface area contributed by atoms with Gasteiger partial charge in [0, 0.05) is 12.1 Å². The Morgan fingerprint density at radius 1 is 1.33 bits per heavy atom. The monoisotopic (exact) mass is 208 g/mol. The molecule has 3 atom stereocenters. The fourth-order valence-corrected chi connectivity index (χ4v) is 2.37. The molecule has 3 nitrogen and oxygen atoms in total. The van der Waals surface area contributed by atoms with Crippen LogP contribution in [-0.2, 0) is 4.79 Å². The van der Waals surface area contributed by atoms with E-state index in [9.17, 15) is 4.79 Å². The van der Waals surface area contributed by atoms with Crippen molar-refractivity contribution >= 4 is 5.78 Å². The van der Waals surface area contributed by atoms with Crippen LogP contribution in [0.5, 0.6) is 0 Å². The number of hydrogen-bond acceptors (Lipinski definition) is 3. The second-order valence-corrected chi connectivity index (χ2v) is 4.66. The van der Waals surface area contributed by atoms with Crippen LogP contribution < -0.4 is 10.6 Å². The summed E-state index contributed by atoms with van der Waals surface area (Å²) < 4.78 is 0. The Balaban J connectivity index is 1.80. The third-order valence-corrected chi connectivity index (χ3v) is 3.31. The Kier molecular flexibility index (Phi) is 3.54. The van der Waals surface area contributed by atoms with Gasteiger partial charge < -0.3 is 10.6 Å². The number of nitrogens with one attached hydrogen (secondary N) is 2. The minimum absolute atomic E-state index is 0.0834. The highest BCUT2D eigenvalue weighted by molar-refractivity contribution is 5.94. The quantitative estimate of drug-likeness (QED) is 0.680. The van der Waals surface area contributed by atoms with Gasteiger partial charge in [-0.25, -0.2) is 0 Å². The molecule has 0 spiro atoms. The molecule has 0 radical (unpaired) electrons. The molecule has 2 N–H and O–H groups in total. The van der Waals surface area contributed by atoms with E-state index in [0.717, 1.165) is 25.8 Å². The lowest BCUT2D eigenvalue weighted by atomic mass is 10.1. The first-order valence-corrected chi connectivity index (χ1v) is 5.97. The van der Waals surface area contributed by atoms with Crippen molar-refractivity contribution in [1.29, 1.82) is 0 Å². The van der Waals surface area contributed by atoms with Crippen LogP contribution in [0, 0.1) is 0 Å². The summed E-state index contributed by atoms with van der Waals surface area (Å²) in [4.78, 5) is 11.7. The highest BCUT2D eigenvalue weighted by Crippen LogP contribution is 2.13. The van der Waals surface area contributed by atoms with Gasteiger partial charge in [-0.15, -0.1) is 0 Å². The van der Waals surface area contributed by atoms with Gasteiger partial charge in [-0.2, -0.15) is 0 Å². The molecule has 2 fully saturated rings. The molecule has 15 heavy (non-hydrogen) atoms. The van der Waals surface area contributed by atoms with Crippen molar-refractivity contribution in [2.75, 3.05) is 6.54 Å². The Labute approximate surface area is 91.3 Å². The third kappa shape index (κ3) is 2.89. The van der Waals surface area contributed by atoms with Crippen LogP contribution in [0.1, 0.15) is 32.6 Å². The molecule has 2 heterocycles. The van der Waals surface area contributed by atoms with E-state index in [1.165, 1.54) is 6.42 Å². The zero-order valence-corrected chi connectivity index (χ0v) is 9.33. The topological polar surface area (TPSA) is 41.1 Å². The second kappa shape index (κ2) is 4.90. The van der Waals surface area contributed by atoms with Gasteiger partial charge in [0.2, 0.25) is 0 Å². The summed E-state index contributed by atoms with van der Waals surface area (Å²) in [7, 11) is 0. The van der Waals surface area contributed by atoms with Crippen LogP contribution >= 0.6 is 0 Å². The molecular formula is C12H20N2O. The molecular weight excluding hydrogens is 188 g/mol. The maximum Gasteiger partial charge on any atom is 0.172 e. The van der Waals surface area contributed by atoms with Gasteiger partial charge in [0.1, 0.15) is 0 Å². The summed E-state index contributed by atoms with van der Waals surface area (Å²) in [6.07, 6.45) is 8.29. The van der Waals surface area contributed by atoms with Gasteiger partial charge in [0.15, 0.2) is 5.78 Å². The Morgan fingerprint density at radius 3 is 2.80 bits per heavy atom. The van der Waals surface area contributed by atoms with Crippen LogP contribution in [0.4, 0.5) is 0 Å². The predicted octanol–water partition coefficient (Wildman–Crippen LogP) is 1.00. The van der Waals surface area contributed by atoms with Crippen molar-refractivity contribution in [2.45, 2.75) is 50.7 Å². The zero-order chi connectivity index (χ0) is 10.7. The van der Waals surface area contributed by atoms with Crippen LogP contribution in [-0.4, -0.2) is 30.5 Å². The van der Waals surface area contributed by atoms with Gasteiger partial charge in [0.25, 0.3) is 0 Å². The normalized spacial score (nSPS) is 36.5. The number of rotatable bonds is 3. The van der Waals surface area contributed by atoms with E-state index in [0.29, 0.717) is 12.1 Å². The molecule has 0 aromatic rings. The van der Waals surface area contributed by atoms with E-state index in [1.807, 2.05) is 6.08 Å². The molecule has 0 amide bonds. The number of hydrogen-bond donors (Lipinski definition) is 2. The number of ketones is 1. The van der Waals surface area contributed by atoms with Gasteiger partial charge in [-0.3, -0.25) is 4.79 Å². The average Bonchev–Trinajstić information content (AvgIpc) is 2.84. The minimum Gasteiger partial charge on any atom is -0.308 e. The van der Waals surface area contributed by atoms with Crippen LogP contribution in [0.25, 0.3) is 0 Å². The second-order valence-electron chi connectivity index (χ2n) is 4.66. The summed E-state index contributed by atoms with van der Waals surface area (Å²) in [5.41, 5.74) is 0. The lowest BCUT2D eigenvalue weighted by Gasteiger charge is -2.07. The van der Waals surface area contributed by atoms with Crippen LogP contribution in [0.15, 0.2) is 12.2 Å². The molecule has 0 bridgehead atoms. The summed E-state index contributed by atoms with van der Waals surface area (Å²) >= 11 is 0. The lowest BCUT2D eigenvalue weighted by molar-refractivity contribution is -0.116. The highest BCUT2D eigenvalue weighted by Gasteiger charge is 2.21. The standard InChI is InChI=1S/C12H20N2O/c1-9-4-5-10(14-9)6-7-12(15)11-3-2-8-13-11/h6-7,9-11,13-14H,2-5,8H2,1H3. The smallest absolute Gasteiger partial charge is 0.172 e. The van der Waals surface area contributed by atoms with Crippen molar-refractivity contribution < 1.29 is 4.79 Å². The van der Waals surface area contributed by atoms with Crippen molar-refractivity contribution in [2.24, 2.45) is 0 Å². The Bertz CT molecular complexity index is 256.